The van der Waals surface area contributed by atoms with Crippen LogP contribution in [0, 0.1) is 6.92 Å². The smallest absolute Gasteiger partial charge is 0.255 e. The molecule has 8 heteroatoms. The molecule has 18 heavy (non-hydrogen) atoms. The number of nitrogens with zero attached hydrogens (tertiary/aromatic N) is 1. The van der Waals surface area contributed by atoms with Crippen LogP contribution < -0.4 is 4.72 Å². The van der Waals surface area contributed by atoms with Crippen molar-refractivity contribution in [3.8, 4) is 0 Å². The number of rotatable bonds is 3. The molecule has 1 aromatic heterocycles. The molecule has 2 aromatic rings. The van der Waals surface area contributed by atoms with E-state index in [4.69, 9.17) is 0 Å². The molecule has 2 rings (SSSR count). The van der Waals surface area contributed by atoms with Gasteiger partial charge in [-0.25, -0.2) is 13.4 Å². The molecule has 0 fully saturated rings. The van der Waals surface area contributed by atoms with Gasteiger partial charge in [0.15, 0.2) is 5.13 Å². The van der Waals surface area contributed by atoms with E-state index in [0.717, 1.165) is 5.69 Å². The number of benzene rings is 1. The van der Waals surface area contributed by atoms with Gasteiger partial charge in [-0.1, -0.05) is 15.9 Å². The summed E-state index contributed by atoms with van der Waals surface area (Å²) >= 11 is 7.73. The lowest BCUT2D eigenvalue weighted by Crippen LogP contribution is -2.13. The Balaban J connectivity index is 2.39. The van der Waals surface area contributed by atoms with Crippen molar-refractivity contribution < 1.29 is 8.42 Å². The summed E-state index contributed by atoms with van der Waals surface area (Å²) in [6, 6.07) is 4.97. The fraction of sp³-hybridized carbons (Fsp3) is 0.100. The third kappa shape index (κ3) is 3.11. The van der Waals surface area contributed by atoms with Crippen molar-refractivity contribution in [1.82, 2.24) is 4.98 Å². The molecule has 0 saturated heterocycles. The maximum Gasteiger partial charge on any atom is 0.264 e. The third-order valence-corrected chi connectivity index (χ3v) is 5.85. The third-order valence-electron chi connectivity index (χ3n) is 2.02. The summed E-state index contributed by atoms with van der Waals surface area (Å²) in [5, 5.41) is 2.15. The van der Waals surface area contributed by atoms with Crippen LogP contribution in [-0.2, 0) is 10.0 Å². The number of hydrogen-bond acceptors (Lipinski definition) is 4. The predicted molar refractivity (Wildman–Crippen MR) is 79.5 cm³/mol. The minimum atomic E-state index is -3.63. The Kier molecular flexibility index (Phi) is 4.10. The predicted octanol–water partition coefficient (Wildman–Crippen LogP) is 3.78. The molecule has 1 N–H and O–H groups in total. The molecule has 1 aromatic carbocycles. The van der Waals surface area contributed by atoms with Crippen LogP contribution in [0.4, 0.5) is 5.13 Å². The van der Waals surface area contributed by atoms with Gasteiger partial charge < -0.3 is 0 Å². The second-order valence-corrected chi connectivity index (χ2v) is 7.75. The normalized spacial score (nSPS) is 11.5. The monoisotopic (exact) mass is 410 g/mol. The molecule has 0 aliphatic carbocycles. The number of hydrogen-bond donors (Lipinski definition) is 1. The fourth-order valence-electron chi connectivity index (χ4n) is 1.25. The van der Waals surface area contributed by atoms with Gasteiger partial charge in [-0.2, -0.15) is 0 Å². The topological polar surface area (TPSA) is 59.1 Å². The SMILES string of the molecule is Cc1csc(NS(=O)(=O)c2cc(Br)ccc2Br)n1. The van der Waals surface area contributed by atoms with Crippen LogP contribution in [0.2, 0.25) is 0 Å². The number of aromatic nitrogens is 1. The second-order valence-electron chi connectivity index (χ2n) is 3.47. The van der Waals surface area contributed by atoms with Gasteiger partial charge >= 0.3 is 0 Å². The zero-order valence-electron chi connectivity index (χ0n) is 9.15. The number of anilines is 1. The van der Waals surface area contributed by atoms with Gasteiger partial charge in [0.2, 0.25) is 0 Å². The molecule has 96 valence electrons. The lowest BCUT2D eigenvalue weighted by molar-refractivity contribution is 0.600. The van der Waals surface area contributed by atoms with Crippen molar-refractivity contribution in [1.29, 1.82) is 0 Å². The van der Waals surface area contributed by atoms with E-state index in [0.29, 0.717) is 14.1 Å². The van der Waals surface area contributed by atoms with Gasteiger partial charge in [0.25, 0.3) is 10.0 Å². The Bertz CT molecular complexity index is 683. The standard InChI is InChI=1S/C10H8Br2N2O2S2/c1-6-5-17-10(13-6)14-18(15,16)9-4-7(11)2-3-8(9)12/h2-5H,1H3,(H,13,14). The fourth-order valence-corrected chi connectivity index (χ4v) is 4.70. The molecule has 0 saturated carbocycles. The Morgan fingerprint density at radius 1 is 1.33 bits per heavy atom. The highest BCUT2D eigenvalue weighted by Crippen LogP contribution is 2.28. The van der Waals surface area contributed by atoms with Gasteiger partial charge in [-0.05, 0) is 41.1 Å². The number of aryl methyl sites for hydroxylation is 1. The van der Waals surface area contributed by atoms with Crippen molar-refractivity contribution in [2.75, 3.05) is 4.72 Å². The highest BCUT2D eigenvalue weighted by atomic mass is 79.9. The lowest BCUT2D eigenvalue weighted by atomic mass is 10.4. The molecule has 0 aliphatic rings. The van der Waals surface area contributed by atoms with Gasteiger partial charge in [-0.15, -0.1) is 11.3 Å². The number of nitrogens with one attached hydrogen (secondary N) is 1. The molecule has 0 unspecified atom stereocenters. The highest BCUT2D eigenvalue weighted by molar-refractivity contribution is 9.11. The average Bonchev–Trinajstić information content (AvgIpc) is 2.66. The zero-order valence-corrected chi connectivity index (χ0v) is 14.0. The molecule has 0 aliphatic heterocycles. The van der Waals surface area contributed by atoms with Crippen molar-refractivity contribution in [2.24, 2.45) is 0 Å². The first kappa shape index (κ1) is 14.0. The number of thiazole rings is 1. The van der Waals surface area contributed by atoms with Crippen molar-refractivity contribution in [3.05, 3.63) is 38.2 Å². The van der Waals surface area contributed by atoms with E-state index in [1.54, 1.807) is 17.5 Å². The first-order valence-electron chi connectivity index (χ1n) is 4.78. The summed E-state index contributed by atoms with van der Waals surface area (Å²) in [6.45, 7) is 1.81. The second kappa shape index (κ2) is 5.28. The molecule has 0 atom stereocenters. The van der Waals surface area contributed by atoms with Gasteiger partial charge in [-0.3, -0.25) is 4.72 Å². The molecular formula is C10H8Br2N2O2S2. The molecule has 0 bridgehead atoms. The lowest BCUT2D eigenvalue weighted by Gasteiger charge is -2.07. The maximum absolute atomic E-state index is 12.2. The van der Waals surface area contributed by atoms with Crippen LogP contribution >= 0.6 is 43.2 Å². The van der Waals surface area contributed by atoms with Gasteiger partial charge in [0.1, 0.15) is 4.90 Å². The Labute approximate surface area is 126 Å². The molecule has 0 radical (unpaired) electrons. The first-order valence-corrected chi connectivity index (χ1v) is 8.73. The summed E-state index contributed by atoms with van der Waals surface area (Å²) in [5.74, 6) is 0. The summed E-state index contributed by atoms with van der Waals surface area (Å²) in [5.41, 5.74) is 0.783. The molecule has 1 heterocycles. The van der Waals surface area contributed by atoms with Crippen LogP contribution in [-0.4, -0.2) is 13.4 Å². The van der Waals surface area contributed by atoms with E-state index in [1.807, 2.05) is 6.92 Å². The van der Waals surface area contributed by atoms with E-state index < -0.39 is 10.0 Å². The summed E-state index contributed by atoms with van der Waals surface area (Å²) in [7, 11) is -3.63. The first-order chi connectivity index (χ1) is 8.38. The Hall–Kier alpha value is -0.440. The van der Waals surface area contributed by atoms with Crippen LogP contribution in [0.3, 0.4) is 0 Å². The van der Waals surface area contributed by atoms with Gasteiger partial charge in [0.05, 0.1) is 5.69 Å². The summed E-state index contributed by atoms with van der Waals surface area (Å²) in [4.78, 5) is 4.25. The zero-order chi connectivity index (χ0) is 13.3. The largest absolute Gasteiger partial charge is 0.264 e. The number of sulfonamides is 1. The van der Waals surface area contributed by atoms with E-state index >= 15 is 0 Å². The Morgan fingerprint density at radius 3 is 2.67 bits per heavy atom. The summed E-state index contributed by atoms with van der Waals surface area (Å²) in [6.07, 6.45) is 0. The van der Waals surface area contributed by atoms with Crippen LogP contribution in [0.5, 0.6) is 0 Å². The highest BCUT2D eigenvalue weighted by Gasteiger charge is 2.19. The van der Waals surface area contributed by atoms with Crippen LogP contribution in [0.1, 0.15) is 5.69 Å². The van der Waals surface area contributed by atoms with Crippen molar-refractivity contribution in [3.63, 3.8) is 0 Å². The van der Waals surface area contributed by atoms with Gasteiger partial charge in [0, 0.05) is 14.3 Å². The van der Waals surface area contributed by atoms with Crippen molar-refractivity contribution in [2.45, 2.75) is 11.8 Å². The molecule has 0 spiro atoms. The quantitative estimate of drug-likeness (QED) is 0.835. The minimum Gasteiger partial charge on any atom is -0.255 e. The number of halogens is 2. The average molecular weight is 412 g/mol. The van der Waals surface area contributed by atoms with Crippen molar-refractivity contribution >= 4 is 58.4 Å². The molecule has 0 amide bonds. The van der Waals surface area contributed by atoms with E-state index in [2.05, 4.69) is 41.6 Å². The molecular weight excluding hydrogens is 404 g/mol. The van der Waals surface area contributed by atoms with Crippen LogP contribution in [0.25, 0.3) is 0 Å². The van der Waals surface area contributed by atoms with E-state index in [1.165, 1.54) is 17.4 Å². The minimum absolute atomic E-state index is 0.171. The maximum atomic E-state index is 12.2. The molecule has 4 nitrogen and oxygen atoms in total. The summed E-state index contributed by atoms with van der Waals surface area (Å²) < 4.78 is 28.0. The van der Waals surface area contributed by atoms with E-state index in [-0.39, 0.29) is 4.90 Å². The van der Waals surface area contributed by atoms with Crippen LogP contribution in [0.15, 0.2) is 37.4 Å². The van der Waals surface area contributed by atoms with E-state index in [9.17, 15) is 8.42 Å². The Morgan fingerprint density at radius 2 is 2.06 bits per heavy atom.